The third kappa shape index (κ3) is 6.86. The van der Waals surface area contributed by atoms with Crippen molar-refractivity contribution in [2.75, 3.05) is 31.6 Å². The van der Waals surface area contributed by atoms with Crippen LogP contribution < -0.4 is 10.1 Å². The third-order valence-electron chi connectivity index (χ3n) is 4.50. The summed E-state index contributed by atoms with van der Waals surface area (Å²) >= 11 is 0. The number of nitrogens with zero attached hydrogens (tertiary/aromatic N) is 1. The van der Waals surface area contributed by atoms with Gasteiger partial charge in [0.25, 0.3) is 0 Å². The van der Waals surface area contributed by atoms with Gasteiger partial charge in [-0.05, 0) is 50.8 Å². The number of allylic oxidation sites excluding steroid dienone is 1. The van der Waals surface area contributed by atoms with E-state index in [1.165, 1.54) is 37.8 Å². The van der Waals surface area contributed by atoms with Gasteiger partial charge in [0, 0.05) is 19.2 Å². The van der Waals surface area contributed by atoms with Crippen molar-refractivity contribution in [2.45, 2.75) is 45.4 Å². The number of unbranched alkanes of at least 4 members (excludes halogenated alkanes) is 2. The van der Waals surface area contributed by atoms with E-state index < -0.39 is 5.82 Å². The maximum atomic E-state index is 13.2. The number of piperidine rings is 1. The molecule has 0 atom stereocenters. The van der Waals surface area contributed by atoms with Crippen LogP contribution in [0.4, 0.5) is 10.1 Å². The second-order valence-corrected chi connectivity index (χ2v) is 6.45. The van der Waals surface area contributed by atoms with Crippen LogP contribution in [0.1, 0.15) is 45.4 Å². The Hall–Kier alpha value is -1.88. The SMILES string of the molecule is CCCC=C1CCN(CCCCOc2ccc(F)cc2NC=O)CC1. The summed E-state index contributed by atoms with van der Waals surface area (Å²) in [7, 11) is 0. The Morgan fingerprint density at radius 1 is 1.28 bits per heavy atom. The average Bonchev–Trinajstić information content (AvgIpc) is 2.62. The molecule has 1 aromatic rings. The molecule has 25 heavy (non-hydrogen) atoms. The molecular weight excluding hydrogens is 319 g/mol. The molecule has 1 saturated heterocycles. The van der Waals surface area contributed by atoms with Crippen LogP contribution in [-0.2, 0) is 4.79 Å². The van der Waals surface area contributed by atoms with Gasteiger partial charge in [0.05, 0.1) is 12.3 Å². The van der Waals surface area contributed by atoms with E-state index in [0.29, 0.717) is 24.5 Å². The predicted octanol–water partition coefficient (Wildman–Crippen LogP) is 4.38. The van der Waals surface area contributed by atoms with Crippen molar-refractivity contribution >= 4 is 12.1 Å². The molecule has 1 aliphatic heterocycles. The number of hydrogen-bond donors (Lipinski definition) is 1. The number of anilines is 1. The monoisotopic (exact) mass is 348 g/mol. The minimum Gasteiger partial charge on any atom is -0.491 e. The fourth-order valence-electron chi connectivity index (χ4n) is 3.04. The van der Waals surface area contributed by atoms with Gasteiger partial charge in [-0.15, -0.1) is 0 Å². The zero-order valence-corrected chi connectivity index (χ0v) is 15.1. The average molecular weight is 348 g/mol. The number of amides is 1. The number of carbonyl (C=O) groups excluding carboxylic acids is 1. The van der Waals surface area contributed by atoms with Crippen LogP contribution in [0, 0.1) is 5.82 Å². The summed E-state index contributed by atoms with van der Waals surface area (Å²) < 4.78 is 18.9. The predicted molar refractivity (Wildman–Crippen MR) is 99.5 cm³/mol. The lowest BCUT2D eigenvalue weighted by atomic mass is 10.0. The largest absolute Gasteiger partial charge is 0.491 e. The highest BCUT2D eigenvalue weighted by atomic mass is 19.1. The first-order chi connectivity index (χ1) is 12.2. The van der Waals surface area contributed by atoms with Crippen molar-refractivity contribution in [3.63, 3.8) is 0 Å². The van der Waals surface area contributed by atoms with Crippen LogP contribution in [-0.4, -0.2) is 37.6 Å². The maximum Gasteiger partial charge on any atom is 0.211 e. The summed E-state index contributed by atoms with van der Waals surface area (Å²) in [5.41, 5.74) is 1.99. The lowest BCUT2D eigenvalue weighted by molar-refractivity contribution is -0.105. The minimum absolute atomic E-state index is 0.373. The van der Waals surface area contributed by atoms with Gasteiger partial charge >= 0.3 is 0 Å². The number of ether oxygens (including phenoxy) is 1. The molecule has 2 rings (SSSR count). The molecule has 1 aromatic carbocycles. The van der Waals surface area contributed by atoms with E-state index >= 15 is 0 Å². The van der Waals surface area contributed by atoms with Crippen molar-refractivity contribution < 1.29 is 13.9 Å². The maximum absolute atomic E-state index is 13.2. The molecule has 0 radical (unpaired) electrons. The highest BCUT2D eigenvalue weighted by Gasteiger charge is 2.13. The fourth-order valence-corrected chi connectivity index (χ4v) is 3.04. The van der Waals surface area contributed by atoms with Gasteiger partial charge in [0.2, 0.25) is 6.41 Å². The molecule has 1 heterocycles. The van der Waals surface area contributed by atoms with Gasteiger partial charge in [0.15, 0.2) is 0 Å². The number of hydrogen-bond acceptors (Lipinski definition) is 3. The molecule has 0 aromatic heterocycles. The van der Waals surface area contributed by atoms with Gasteiger partial charge in [-0.25, -0.2) is 4.39 Å². The Balaban J connectivity index is 1.63. The second kappa shape index (κ2) is 10.9. The van der Waals surface area contributed by atoms with E-state index in [2.05, 4.69) is 23.2 Å². The molecule has 138 valence electrons. The quantitative estimate of drug-likeness (QED) is 0.388. The van der Waals surface area contributed by atoms with Crippen LogP contribution >= 0.6 is 0 Å². The molecule has 1 aliphatic rings. The summed E-state index contributed by atoms with van der Waals surface area (Å²) in [6.07, 6.45) is 9.79. The van der Waals surface area contributed by atoms with E-state index in [1.54, 1.807) is 11.6 Å². The number of likely N-dealkylation sites (tertiary alicyclic amines) is 1. The van der Waals surface area contributed by atoms with E-state index in [4.69, 9.17) is 4.74 Å². The van der Waals surface area contributed by atoms with E-state index in [0.717, 1.165) is 32.5 Å². The Morgan fingerprint density at radius 3 is 2.80 bits per heavy atom. The summed E-state index contributed by atoms with van der Waals surface area (Å²) in [6, 6.07) is 4.15. The van der Waals surface area contributed by atoms with Crippen LogP contribution in [0.25, 0.3) is 0 Å². The molecular formula is C20H29FN2O2. The van der Waals surface area contributed by atoms with E-state index in [1.807, 2.05) is 0 Å². The molecule has 5 heteroatoms. The van der Waals surface area contributed by atoms with Crippen molar-refractivity contribution in [3.05, 3.63) is 35.7 Å². The summed E-state index contributed by atoms with van der Waals surface area (Å²) in [4.78, 5) is 13.1. The lowest BCUT2D eigenvalue weighted by Gasteiger charge is -2.28. The number of benzene rings is 1. The van der Waals surface area contributed by atoms with Crippen molar-refractivity contribution in [2.24, 2.45) is 0 Å². The molecule has 0 saturated carbocycles. The third-order valence-corrected chi connectivity index (χ3v) is 4.50. The Bertz CT molecular complexity index is 565. The van der Waals surface area contributed by atoms with Crippen molar-refractivity contribution in [1.82, 2.24) is 4.90 Å². The number of nitrogens with one attached hydrogen (secondary N) is 1. The molecule has 4 nitrogen and oxygen atoms in total. The number of rotatable bonds is 10. The molecule has 1 N–H and O–H groups in total. The number of carbonyl (C=O) groups is 1. The topological polar surface area (TPSA) is 41.6 Å². The van der Waals surface area contributed by atoms with Crippen molar-refractivity contribution in [1.29, 1.82) is 0 Å². The zero-order valence-electron chi connectivity index (χ0n) is 15.1. The van der Waals surface area contributed by atoms with Gasteiger partial charge in [0.1, 0.15) is 11.6 Å². The molecule has 0 aliphatic carbocycles. The van der Waals surface area contributed by atoms with Gasteiger partial charge in [-0.3, -0.25) is 4.79 Å². The smallest absolute Gasteiger partial charge is 0.211 e. The first-order valence-electron chi connectivity index (χ1n) is 9.25. The summed E-state index contributed by atoms with van der Waals surface area (Å²) in [5.74, 6) is 0.117. The molecule has 0 spiro atoms. The molecule has 1 fully saturated rings. The van der Waals surface area contributed by atoms with E-state index in [9.17, 15) is 9.18 Å². The van der Waals surface area contributed by atoms with Crippen LogP contribution in [0.2, 0.25) is 0 Å². The van der Waals surface area contributed by atoms with E-state index in [-0.39, 0.29) is 0 Å². The zero-order chi connectivity index (χ0) is 17.9. The minimum atomic E-state index is -0.394. The van der Waals surface area contributed by atoms with Gasteiger partial charge in [-0.1, -0.05) is 25.0 Å². The van der Waals surface area contributed by atoms with Crippen LogP contribution in [0.15, 0.2) is 29.8 Å². The Kier molecular flexibility index (Phi) is 8.46. The fraction of sp³-hybridized carbons (Fsp3) is 0.550. The van der Waals surface area contributed by atoms with Crippen LogP contribution in [0.5, 0.6) is 5.75 Å². The normalized spacial score (nSPS) is 15.0. The van der Waals surface area contributed by atoms with Crippen LogP contribution in [0.3, 0.4) is 0 Å². The Morgan fingerprint density at radius 2 is 2.08 bits per heavy atom. The summed E-state index contributed by atoms with van der Waals surface area (Å²) in [6.45, 7) is 6.18. The first kappa shape index (κ1) is 19.4. The summed E-state index contributed by atoms with van der Waals surface area (Å²) in [5, 5.41) is 2.47. The van der Waals surface area contributed by atoms with Gasteiger partial charge in [-0.2, -0.15) is 0 Å². The Labute approximate surface area is 150 Å². The highest BCUT2D eigenvalue weighted by Crippen LogP contribution is 2.25. The molecule has 1 amide bonds. The lowest BCUT2D eigenvalue weighted by Crippen LogP contribution is -2.31. The first-order valence-corrected chi connectivity index (χ1v) is 9.25. The molecule has 0 bridgehead atoms. The van der Waals surface area contributed by atoms with Gasteiger partial charge < -0.3 is 15.0 Å². The number of halogens is 1. The standard InChI is InChI=1S/C20H29FN2O2/c1-2-3-6-17-9-12-23(13-10-17)11-4-5-14-25-20-8-7-18(21)15-19(20)22-16-24/h6-8,15-16H,2-5,9-14H2,1H3,(H,22,24). The highest BCUT2D eigenvalue weighted by molar-refractivity contribution is 5.75. The molecule has 0 unspecified atom stereocenters. The second-order valence-electron chi connectivity index (χ2n) is 6.45. The van der Waals surface area contributed by atoms with Crippen molar-refractivity contribution in [3.8, 4) is 5.75 Å².